The molecule has 1 amide bonds. The molecule has 11 heteroatoms. The maximum Gasteiger partial charge on any atom is 0.433 e. The van der Waals surface area contributed by atoms with Crippen molar-refractivity contribution in [3.63, 3.8) is 0 Å². The predicted molar refractivity (Wildman–Crippen MR) is 123 cm³/mol. The molecule has 2 aromatic rings. The SMILES string of the molecule is CC[C@@H](C)Cc1nc(C(F)(F)F)ccc1C=CC(=O)N[C@H](C)c1ccc(NS(C)(=O)=O)c(F)c1. The third kappa shape index (κ3) is 8.12. The monoisotopic (exact) mass is 501 g/mol. The lowest BCUT2D eigenvalue weighted by atomic mass is 9.98. The van der Waals surface area contributed by atoms with Crippen LogP contribution in [0.15, 0.2) is 36.4 Å². The van der Waals surface area contributed by atoms with E-state index < -0.39 is 39.7 Å². The lowest BCUT2D eigenvalue weighted by Gasteiger charge is -2.15. The maximum absolute atomic E-state index is 14.2. The van der Waals surface area contributed by atoms with Gasteiger partial charge in [-0.2, -0.15) is 13.2 Å². The second-order valence-corrected chi connectivity index (χ2v) is 9.87. The number of anilines is 1. The second kappa shape index (κ2) is 11.0. The van der Waals surface area contributed by atoms with Gasteiger partial charge in [-0.1, -0.05) is 32.4 Å². The Labute approximate surface area is 196 Å². The third-order valence-electron chi connectivity index (χ3n) is 5.10. The second-order valence-electron chi connectivity index (χ2n) is 8.12. The number of benzene rings is 1. The van der Waals surface area contributed by atoms with Crippen LogP contribution in [0.25, 0.3) is 6.08 Å². The summed E-state index contributed by atoms with van der Waals surface area (Å²) in [6, 6.07) is 5.35. The number of nitrogens with one attached hydrogen (secondary N) is 2. The number of hydrogen-bond donors (Lipinski definition) is 2. The summed E-state index contributed by atoms with van der Waals surface area (Å²) in [6.07, 6.45) is -0.0141. The van der Waals surface area contributed by atoms with Gasteiger partial charge in [0.05, 0.1) is 18.0 Å². The maximum atomic E-state index is 14.2. The quantitative estimate of drug-likeness (QED) is 0.370. The fourth-order valence-electron chi connectivity index (χ4n) is 3.05. The Morgan fingerprint density at radius 3 is 2.41 bits per heavy atom. The highest BCUT2D eigenvalue weighted by Gasteiger charge is 2.33. The minimum Gasteiger partial charge on any atom is -0.346 e. The van der Waals surface area contributed by atoms with Gasteiger partial charge in [0.15, 0.2) is 0 Å². The smallest absolute Gasteiger partial charge is 0.346 e. The number of nitrogens with zero attached hydrogens (tertiary/aromatic N) is 1. The zero-order chi connectivity index (χ0) is 25.7. The Bertz CT molecular complexity index is 1160. The fourth-order valence-corrected chi connectivity index (χ4v) is 3.62. The van der Waals surface area contributed by atoms with Crippen LogP contribution in [0.1, 0.15) is 55.7 Å². The van der Waals surface area contributed by atoms with Crippen LogP contribution < -0.4 is 10.0 Å². The number of aromatic nitrogens is 1. The van der Waals surface area contributed by atoms with Crippen molar-refractivity contribution < 1.29 is 30.8 Å². The Balaban J connectivity index is 2.17. The Kier molecular flexibility index (Phi) is 8.82. The molecule has 2 atom stereocenters. The van der Waals surface area contributed by atoms with E-state index in [9.17, 15) is 30.8 Å². The molecule has 0 spiro atoms. The van der Waals surface area contributed by atoms with Crippen molar-refractivity contribution in [2.75, 3.05) is 11.0 Å². The lowest BCUT2D eigenvalue weighted by molar-refractivity contribution is -0.141. The lowest BCUT2D eigenvalue weighted by Crippen LogP contribution is -2.24. The van der Waals surface area contributed by atoms with E-state index in [4.69, 9.17) is 0 Å². The van der Waals surface area contributed by atoms with Gasteiger partial charge in [-0.3, -0.25) is 9.52 Å². The predicted octanol–water partition coefficient (Wildman–Crippen LogP) is 5.09. The highest BCUT2D eigenvalue weighted by molar-refractivity contribution is 7.92. The summed E-state index contributed by atoms with van der Waals surface area (Å²) in [5, 5.41) is 2.64. The van der Waals surface area contributed by atoms with E-state index in [1.807, 2.05) is 13.8 Å². The normalized spacial score (nSPS) is 14.1. The summed E-state index contributed by atoms with van der Waals surface area (Å²) in [7, 11) is -3.65. The highest BCUT2D eigenvalue weighted by atomic mass is 32.2. The molecular formula is C23H27F4N3O3S. The van der Waals surface area contributed by atoms with Crippen LogP contribution in [-0.4, -0.2) is 25.6 Å². The Morgan fingerprint density at radius 1 is 1.18 bits per heavy atom. The van der Waals surface area contributed by atoms with Crippen molar-refractivity contribution in [2.24, 2.45) is 5.92 Å². The molecule has 1 heterocycles. The van der Waals surface area contributed by atoms with Crippen LogP contribution in [0.3, 0.4) is 0 Å². The van der Waals surface area contributed by atoms with E-state index in [-0.39, 0.29) is 17.3 Å². The molecule has 186 valence electrons. The van der Waals surface area contributed by atoms with Crippen LogP contribution in [0.4, 0.5) is 23.2 Å². The summed E-state index contributed by atoms with van der Waals surface area (Å²) in [5.74, 6) is -1.24. The molecule has 0 aliphatic rings. The topological polar surface area (TPSA) is 88.2 Å². The van der Waals surface area contributed by atoms with Gasteiger partial charge in [0.25, 0.3) is 0 Å². The van der Waals surface area contributed by atoms with Gasteiger partial charge in [-0.05, 0) is 54.7 Å². The van der Waals surface area contributed by atoms with E-state index in [1.165, 1.54) is 30.4 Å². The summed E-state index contributed by atoms with van der Waals surface area (Å²) >= 11 is 0. The number of halogens is 4. The molecule has 0 aliphatic heterocycles. The van der Waals surface area contributed by atoms with Gasteiger partial charge < -0.3 is 5.32 Å². The molecule has 0 saturated carbocycles. The summed E-state index contributed by atoms with van der Waals surface area (Å²) < 4.78 is 78.0. The van der Waals surface area contributed by atoms with Gasteiger partial charge in [0.2, 0.25) is 15.9 Å². The number of carbonyl (C=O) groups excluding carboxylic acids is 1. The number of hydrogen-bond acceptors (Lipinski definition) is 4. The first kappa shape index (κ1) is 27.3. The van der Waals surface area contributed by atoms with Gasteiger partial charge in [0, 0.05) is 11.8 Å². The number of sulfonamides is 1. The molecule has 0 saturated heterocycles. The van der Waals surface area contributed by atoms with Crippen LogP contribution in [0.2, 0.25) is 0 Å². The summed E-state index contributed by atoms with van der Waals surface area (Å²) in [4.78, 5) is 16.1. The van der Waals surface area contributed by atoms with E-state index >= 15 is 0 Å². The van der Waals surface area contributed by atoms with E-state index in [1.54, 1.807) is 6.92 Å². The molecule has 34 heavy (non-hydrogen) atoms. The highest BCUT2D eigenvalue weighted by Crippen LogP contribution is 2.29. The van der Waals surface area contributed by atoms with E-state index in [2.05, 4.69) is 15.0 Å². The number of pyridine rings is 1. The van der Waals surface area contributed by atoms with Crippen molar-refractivity contribution in [2.45, 2.75) is 45.8 Å². The number of carbonyl (C=O) groups is 1. The van der Waals surface area contributed by atoms with Crippen LogP contribution in [0, 0.1) is 11.7 Å². The molecule has 2 rings (SSSR count). The first-order valence-electron chi connectivity index (χ1n) is 10.5. The Morgan fingerprint density at radius 2 is 1.85 bits per heavy atom. The third-order valence-corrected chi connectivity index (χ3v) is 5.69. The molecule has 0 radical (unpaired) electrons. The molecule has 1 aromatic heterocycles. The molecule has 0 bridgehead atoms. The van der Waals surface area contributed by atoms with Crippen molar-refractivity contribution in [3.05, 3.63) is 64.7 Å². The number of amides is 1. The van der Waals surface area contributed by atoms with E-state index in [0.29, 0.717) is 17.5 Å². The van der Waals surface area contributed by atoms with Crippen LogP contribution >= 0.6 is 0 Å². The van der Waals surface area contributed by atoms with Crippen molar-refractivity contribution in [1.82, 2.24) is 10.3 Å². The molecule has 0 unspecified atom stereocenters. The van der Waals surface area contributed by atoms with Gasteiger partial charge in [0.1, 0.15) is 11.5 Å². The van der Waals surface area contributed by atoms with Crippen molar-refractivity contribution in [1.29, 1.82) is 0 Å². The summed E-state index contributed by atoms with van der Waals surface area (Å²) in [5.41, 5.74) is -0.159. The van der Waals surface area contributed by atoms with Gasteiger partial charge in [-0.15, -0.1) is 0 Å². The first-order valence-corrected chi connectivity index (χ1v) is 12.4. The Hall–Kier alpha value is -2.95. The molecular weight excluding hydrogens is 474 g/mol. The number of rotatable bonds is 9. The largest absolute Gasteiger partial charge is 0.433 e. The molecule has 2 N–H and O–H groups in total. The fraction of sp³-hybridized carbons (Fsp3) is 0.391. The zero-order valence-corrected chi connectivity index (χ0v) is 20.0. The zero-order valence-electron chi connectivity index (χ0n) is 19.2. The number of alkyl halides is 3. The minimum absolute atomic E-state index is 0.104. The average molecular weight is 502 g/mol. The van der Waals surface area contributed by atoms with Crippen molar-refractivity contribution in [3.8, 4) is 0 Å². The van der Waals surface area contributed by atoms with Crippen LogP contribution in [0.5, 0.6) is 0 Å². The van der Waals surface area contributed by atoms with Crippen LogP contribution in [-0.2, 0) is 27.4 Å². The minimum atomic E-state index is -4.57. The molecule has 0 fully saturated rings. The first-order chi connectivity index (χ1) is 15.7. The van der Waals surface area contributed by atoms with Crippen molar-refractivity contribution >= 4 is 27.7 Å². The molecule has 1 aromatic carbocycles. The van der Waals surface area contributed by atoms with Gasteiger partial charge >= 0.3 is 6.18 Å². The molecule has 6 nitrogen and oxygen atoms in total. The van der Waals surface area contributed by atoms with Gasteiger partial charge in [-0.25, -0.2) is 17.8 Å². The summed E-state index contributed by atoms with van der Waals surface area (Å²) in [6.45, 7) is 5.44. The standard InChI is InChI=1S/C23H27F4N3O3S/c1-5-14(2)12-20-16(7-10-21(29-20)23(25,26)27)8-11-22(31)28-15(3)17-6-9-19(18(24)13-17)30-34(4,32)33/h6-11,13-15,30H,5,12H2,1-4H3,(H,28,31)/t14-,15-/m1/s1. The molecule has 0 aliphatic carbocycles. The average Bonchev–Trinajstić information content (AvgIpc) is 2.72. The van der Waals surface area contributed by atoms with E-state index in [0.717, 1.165) is 24.8 Å².